The highest BCUT2D eigenvalue weighted by Crippen LogP contribution is 2.20. The third-order valence-electron chi connectivity index (χ3n) is 2.37. The molecule has 4 heteroatoms. The molecule has 0 unspecified atom stereocenters. The molecule has 16 heavy (non-hydrogen) atoms. The van der Waals surface area contributed by atoms with Crippen LogP contribution in [0.1, 0.15) is 6.42 Å². The van der Waals surface area contributed by atoms with Gasteiger partial charge in [-0.3, -0.25) is 15.4 Å². The van der Waals surface area contributed by atoms with Crippen LogP contribution in [-0.4, -0.2) is 18.9 Å². The van der Waals surface area contributed by atoms with Crippen molar-refractivity contribution in [3.8, 4) is 0 Å². The Morgan fingerprint density at radius 2 is 2.44 bits per heavy atom. The second-order valence-electron chi connectivity index (χ2n) is 3.57. The first kappa shape index (κ1) is 11.2. The molecule has 1 N–H and O–H groups in total. The molecule has 3 nitrogen and oxygen atoms in total. The van der Waals surface area contributed by atoms with Crippen molar-refractivity contribution < 1.29 is 0 Å². The molecule has 1 heterocycles. The van der Waals surface area contributed by atoms with E-state index in [9.17, 15) is 0 Å². The number of amidine groups is 1. The summed E-state index contributed by atoms with van der Waals surface area (Å²) in [6, 6.07) is 8.21. The van der Waals surface area contributed by atoms with Gasteiger partial charge in [0, 0.05) is 17.4 Å². The van der Waals surface area contributed by atoms with Gasteiger partial charge in [0.15, 0.2) is 0 Å². The van der Waals surface area contributed by atoms with Crippen LogP contribution in [0.25, 0.3) is 0 Å². The Kier molecular flexibility index (Phi) is 3.62. The van der Waals surface area contributed by atoms with E-state index in [1.54, 1.807) is 6.08 Å². The van der Waals surface area contributed by atoms with Gasteiger partial charge >= 0.3 is 0 Å². The predicted molar refractivity (Wildman–Crippen MR) is 71.7 cm³/mol. The maximum Gasteiger partial charge on any atom is 0.117 e. The molecule has 1 saturated heterocycles. The summed E-state index contributed by atoms with van der Waals surface area (Å²) >= 11 is 3.47. The number of benzene rings is 1. The van der Waals surface area contributed by atoms with Crippen LogP contribution in [0.4, 0.5) is 5.69 Å². The van der Waals surface area contributed by atoms with Crippen LogP contribution in [0.3, 0.4) is 0 Å². The standard InChI is InChI=1S/C12H14BrN3/c1-2-7-14-12-6-8-16(15-12)11-5-3-4-10(13)9-11/h2-5,9H,1,6-8H2,(H,14,15). The minimum absolute atomic E-state index is 0.675. The van der Waals surface area contributed by atoms with Gasteiger partial charge in [-0.2, -0.15) is 0 Å². The van der Waals surface area contributed by atoms with Crippen LogP contribution < -0.4 is 10.4 Å². The lowest BCUT2D eigenvalue weighted by molar-refractivity contribution is 0.856. The van der Waals surface area contributed by atoms with E-state index < -0.39 is 0 Å². The summed E-state index contributed by atoms with van der Waals surface area (Å²) in [4.78, 5) is 4.37. The smallest absolute Gasteiger partial charge is 0.117 e. The fraction of sp³-hybridized carbons (Fsp3) is 0.250. The van der Waals surface area contributed by atoms with Crippen LogP contribution in [0.15, 0.2) is 46.4 Å². The van der Waals surface area contributed by atoms with Crippen LogP contribution in [-0.2, 0) is 0 Å². The van der Waals surface area contributed by atoms with Crippen molar-refractivity contribution in [3.63, 3.8) is 0 Å². The van der Waals surface area contributed by atoms with Crippen molar-refractivity contribution in [2.24, 2.45) is 4.99 Å². The van der Waals surface area contributed by atoms with Crippen LogP contribution in [0, 0.1) is 0 Å². The molecule has 0 spiro atoms. The molecule has 1 aromatic rings. The summed E-state index contributed by atoms with van der Waals surface area (Å²) in [5.41, 5.74) is 4.44. The quantitative estimate of drug-likeness (QED) is 0.862. The number of halogens is 1. The first-order valence-corrected chi connectivity index (χ1v) is 6.03. The lowest BCUT2D eigenvalue weighted by Crippen LogP contribution is -2.33. The van der Waals surface area contributed by atoms with E-state index in [0.717, 1.165) is 29.0 Å². The van der Waals surface area contributed by atoms with Gasteiger partial charge in [-0.15, -0.1) is 6.58 Å². The molecule has 84 valence electrons. The van der Waals surface area contributed by atoms with E-state index >= 15 is 0 Å². The monoisotopic (exact) mass is 279 g/mol. The third kappa shape index (κ3) is 2.64. The molecule has 0 aromatic heterocycles. The summed E-state index contributed by atoms with van der Waals surface area (Å²) < 4.78 is 1.09. The van der Waals surface area contributed by atoms with Gasteiger partial charge in [0.25, 0.3) is 0 Å². The lowest BCUT2D eigenvalue weighted by atomic mass is 10.3. The number of aliphatic imine (C=N–C) groups is 1. The second-order valence-corrected chi connectivity index (χ2v) is 4.49. The molecule has 2 rings (SSSR count). The highest BCUT2D eigenvalue weighted by molar-refractivity contribution is 9.10. The SMILES string of the molecule is C=CCN=C1CCN(c2cccc(Br)c2)N1. The van der Waals surface area contributed by atoms with Crippen molar-refractivity contribution in [1.29, 1.82) is 0 Å². The largest absolute Gasteiger partial charge is 0.286 e. The fourth-order valence-corrected chi connectivity index (χ4v) is 2.00. The van der Waals surface area contributed by atoms with Gasteiger partial charge in [0.05, 0.1) is 12.2 Å². The zero-order valence-electron chi connectivity index (χ0n) is 8.99. The first-order chi connectivity index (χ1) is 7.79. The highest BCUT2D eigenvalue weighted by atomic mass is 79.9. The summed E-state index contributed by atoms with van der Waals surface area (Å²) in [7, 11) is 0. The fourth-order valence-electron chi connectivity index (χ4n) is 1.61. The number of nitrogens with one attached hydrogen (secondary N) is 1. The van der Waals surface area contributed by atoms with Crippen LogP contribution in [0.2, 0.25) is 0 Å². The van der Waals surface area contributed by atoms with E-state index in [-0.39, 0.29) is 0 Å². The minimum Gasteiger partial charge on any atom is -0.286 e. The molecule has 0 atom stereocenters. The Morgan fingerprint density at radius 3 is 3.19 bits per heavy atom. The Bertz CT molecular complexity index is 414. The van der Waals surface area contributed by atoms with Gasteiger partial charge < -0.3 is 0 Å². The van der Waals surface area contributed by atoms with Gasteiger partial charge in [-0.25, -0.2) is 0 Å². The second kappa shape index (κ2) is 5.16. The van der Waals surface area contributed by atoms with E-state index in [1.807, 2.05) is 12.1 Å². The molecule has 1 aromatic carbocycles. The maximum absolute atomic E-state index is 4.37. The molecule has 0 aliphatic carbocycles. The Labute approximate surface area is 104 Å². The average molecular weight is 280 g/mol. The van der Waals surface area contributed by atoms with Gasteiger partial charge in [0.2, 0.25) is 0 Å². The molecule has 1 aliphatic rings. The van der Waals surface area contributed by atoms with E-state index in [0.29, 0.717) is 6.54 Å². The lowest BCUT2D eigenvalue weighted by Gasteiger charge is -2.18. The Morgan fingerprint density at radius 1 is 1.56 bits per heavy atom. The van der Waals surface area contributed by atoms with Crippen molar-refractivity contribution in [2.45, 2.75) is 6.42 Å². The molecular weight excluding hydrogens is 266 g/mol. The Balaban J connectivity index is 2.06. The molecular formula is C12H14BrN3. The zero-order valence-corrected chi connectivity index (χ0v) is 10.6. The molecule has 0 saturated carbocycles. The number of hydrogen-bond donors (Lipinski definition) is 1. The molecule has 0 radical (unpaired) electrons. The zero-order chi connectivity index (χ0) is 11.4. The van der Waals surface area contributed by atoms with Crippen LogP contribution in [0.5, 0.6) is 0 Å². The molecule has 0 bridgehead atoms. The summed E-state index contributed by atoms with van der Waals surface area (Å²) in [5, 5.41) is 2.10. The summed E-state index contributed by atoms with van der Waals surface area (Å²) in [6.07, 6.45) is 2.76. The minimum atomic E-state index is 0.675. The van der Waals surface area contributed by atoms with E-state index in [4.69, 9.17) is 0 Å². The molecule has 1 fully saturated rings. The topological polar surface area (TPSA) is 27.6 Å². The van der Waals surface area contributed by atoms with Crippen LogP contribution >= 0.6 is 15.9 Å². The summed E-state index contributed by atoms with van der Waals surface area (Å²) in [5.74, 6) is 1.03. The maximum atomic E-state index is 4.37. The molecule has 0 amide bonds. The summed E-state index contributed by atoms with van der Waals surface area (Å²) in [6.45, 7) is 5.28. The van der Waals surface area contributed by atoms with Gasteiger partial charge in [0.1, 0.15) is 5.84 Å². The Hall–Kier alpha value is -1.29. The van der Waals surface area contributed by atoms with Crippen molar-refractivity contribution in [1.82, 2.24) is 5.43 Å². The third-order valence-corrected chi connectivity index (χ3v) is 2.86. The number of hydrogen-bond acceptors (Lipinski definition) is 2. The number of hydrazine groups is 1. The normalized spacial score (nSPS) is 17.6. The average Bonchev–Trinajstić information content (AvgIpc) is 2.75. The number of nitrogens with zero attached hydrogens (tertiary/aromatic N) is 2. The van der Waals surface area contributed by atoms with E-state index in [1.165, 1.54) is 0 Å². The van der Waals surface area contributed by atoms with Gasteiger partial charge in [-0.05, 0) is 18.2 Å². The number of rotatable bonds is 3. The molecule has 1 aliphatic heterocycles. The van der Waals surface area contributed by atoms with Crippen molar-refractivity contribution >= 4 is 27.5 Å². The van der Waals surface area contributed by atoms with Gasteiger partial charge in [-0.1, -0.05) is 28.1 Å². The number of anilines is 1. The first-order valence-electron chi connectivity index (χ1n) is 5.23. The van der Waals surface area contributed by atoms with E-state index in [2.05, 4.69) is 50.1 Å². The van der Waals surface area contributed by atoms with Crippen molar-refractivity contribution in [2.75, 3.05) is 18.1 Å². The van der Waals surface area contributed by atoms with Crippen molar-refractivity contribution in [3.05, 3.63) is 41.4 Å². The highest BCUT2D eigenvalue weighted by Gasteiger charge is 2.16. The predicted octanol–water partition coefficient (Wildman–Crippen LogP) is 2.75.